The molecule has 0 heterocycles. The van der Waals surface area contributed by atoms with Crippen molar-refractivity contribution in [2.24, 2.45) is 0 Å². The van der Waals surface area contributed by atoms with E-state index in [0.29, 0.717) is 11.3 Å². The number of nitriles is 1. The van der Waals surface area contributed by atoms with Crippen LogP contribution in [0.1, 0.15) is 31.9 Å². The molecule has 0 bridgehead atoms. The molecular weight excluding hydrogens is 186 g/mol. The molecule has 3 heteroatoms. The zero-order chi connectivity index (χ0) is 11.8. The van der Waals surface area contributed by atoms with Crippen molar-refractivity contribution in [1.29, 1.82) is 10.7 Å². The van der Waals surface area contributed by atoms with Crippen molar-refractivity contribution in [1.82, 2.24) is 0 Å². The zero-order valence-electron chi connectivity index (χ0n) is 9.68. The predicted octanol–water partition coefficient (Wildman–Crippen LogP) is 3.01. The van der Waals surface area contributed by atoms with Gasteiger partial charge < -0.3 is 10.7 Å². The first kappa shape index (κ1) is 13.2. The summed E-state index contributed by atoms with van der Waals surface area (Å²) in [4.78, 5) is 0. The van der Waals surface area contributed by atoms with E-state index in [4.69, 9.17) is 10.7 Å². The lowest BCUT2D eigenvalue weighted by Gasteiger charge is -2.07. The van der Waals surface area contributed by atoms with E-state index < -0.39 is 0 Å². The molecule has 0 saturated heterocycles. The third-order valence-electron chi connectivity index (χ3n) is 1.82. The van der Waals surface area contributed by atoms with Gasteiger partial charge in [-0.3, -0.25) is 0 Å². The van der Waals surface area contributed by atoms with Crippen LogP contribution in [0.4, 0.5) is 5.69 Å². The average Bonchev–Trinajstić information content (AvgIpc) is 2.30. The zero-order valence-corrected chi connectivity index (χ0v) is 9.68. The van der Waals surface area contributed by atoms with E-state index in [1.807, 2.05) is 13.8 Å². The van der Waals surface area contributed by atoms with Crippen molar-refractivity contribution in [3.63, 3.8) is 0 Å². The molecule has 0 spiro atoms. The largest absolute Gasteiger partial charge is 0.388 e. The molecule has 3 nitrogen and oxygen atoms in total. The maximum Gasteiger partial charge on any atom is 0.0992 e. The van der Waals surface area contributed by atoms with Crippen molar-refractivity contribution >= 4 is 11.4 Å². The van der Waals surface area contributed by atoms with Crippen LogP contribution in [0, 0.1) is 16.7 Å². The minimum absolute atomic E-state index is 0.494. The SMILES string of the molecule is CC.CNc1cc(C#N)ccc1C(C)=N. The first-order chi connectivity index (χ1) is 7.19. The molecule has 0 aromatic heterocycles. The Labute approximate surface area is 91.3 Å². The molecule has 0 aliphatic carbocycles. The summed E-state index contributed by atoms with van der Waals surface area (Å²) in [5.41, 5.74) is 2.76. The Balaban J connectivity index is 0.000000921. The topological polar surface area (TPSA) is 59.7 Å². The van der Waals surface area contributed by atoms with E-state index >= 15 is 0 Å². The van der Waals surface area contributed by atoms with Gasteiger partial charge in [0.1, 0.15) is 0 Å². The van der Waals surface area contributed by atoms with Crippen LogP contribution >= 0.6 is 0 Å². The van der Waals surface area contributed by atoms with Crippen LogP contribution < -0.4 is 5.32 Å². The molecule has 80 valence electrons. The summed E-state index contributed by atoms with van der Waals surface area (Å²) in [6.45, 7) is 5.72. The summed E-state index contributed by atoms with van der Waals surface area (Å²) in [7, 11) is 1.78. The second-order valence-corrected chi connectivity index (χ2v) is 2.75. The van der Waals surface area contributed by atoms with Gasteiger partial charge in [0, 0.05) is 24.0 Å². The van der Waals surface area contributed by atoms with Gasteiger partial charge in [0.2, 0.25) is 0 Å². The molecule has 0 aliphatic rings. The van der Waals surface area contributed by atoms with Crippen LogP contribution in [0.3, 0.4) is 0 Å². The normalized spacial score (nSPS) is 8.20. The molecule has 0 saturated carbocycles. The average molecular weight is 203 g/mol. The molecular formula is C12H17N3. The minimum atomic E-state index is 0.494. The Kier molecular flexibility index (Phi) is 5.81. The summed E-state index contributed by atoms with van der Waals surface area (Å²) in [5, 5.41) is 19.1. The minimum Gasteiger partial charge on any atom is -0.388 e. The maximum atomic E-state index is 8.66. The molecule has 0 radical (unpaired) electrons. The number of hydrogen-bond acceptors (Lipinski definition) is 3. The quantitative estimate of drug-likeness (QED) is 0.726. The highest BCUT2D eigenvalue weighted by atomic mass is 14.8. The molecule has 0 unspecified atom stereocenters. The lowest BCUT2D eigenvalue weighted by atomic mass is 10.1. The Morgan fingerprint density at radius 2 is 2.00 bits per heavy atom. The molecule has 0 amide bonds. The van der Waals surface area contributed by atoms with Crippen LogP contribution in [0.15, 0.2) is 18.2 Å². The first-order valence-corrected chi connectivity index (χ1v) is 4.96. The summed E-state index contributed by atoms with van der Waals surface area (Å²) >= 11 is 0. The Morgan fingerprint density at radius 1 is 1.40 bits per heavy atom. The van der Waals surface area contributed by atoms with Crippen molar-refractivity contribution in [2.75, 3.05) is 12.4 Å². The van der Waals surface area contributed by atoms with Crippen molar-refractivity contribution in [3.05, 3.63) is 29.3 Å². The highest BCUT2D eigenvalue weighted by molar-refractivity contribution is 6.01. The second-order valence-electron chi connectivity index (χ2n) is 2.75. The monoisotopic (exact) mass is 203 g/mol. The van der Waals surface area contributed by atoms with Crippen LogP contribution in [0.5, 0.6) is 0 Å². The summed E-state index contributed by atoms with van der Waals surface area (Å²) in [6, 6.07) is 7.30. The van der Waals surface area contributed by atoms with Crippen LogP contribution in [0.2, 0.25) is 0 Å². The highest BCUT2D eigenvalue weighted by Crippen LogP contribution is 2.17. The number of hydrogen-bond donors (Lipinski definition) is 2. The van der Waals surface area contributed by atoms with Gasteiger partial charge >= 0.3 is 0 Å². The second kappa shape index (κ2) is 6.61. The van der Waals surface area contributed by atoms with Crippen LogP contribution in [-0.2, 0) is 0 Å². The lowest BCUT2D eigenvalue weighted by molar-refractivity contribution is 1.41. The number of anilines is 1. The molecule has 1 aromatic carbocycles. The standard InChI is InChI=1S/C10H11N3.C2H6/c1-7(12)9-4-3-8(6-11)5-10(9)13-2;1-2/h3-5,12-13H,1-2H3;1-2H3. The number of benzene rings is 1. The van der Waals surface area contributed by atoms with Gasteiger partial charge in [-0.2, -0.15) is 5.26 Å². The molecule has 15 heavy (non-hydrogen) atoms. The smallest absolute Gasteiger partial charge is 0.0992 e. The Bertz CT molecular complexity index is 375. The Hall–Kier alpha value is -1.82. The van der Waals surface area contributed by atoms with Gasteiger partial charge in [0.25, 0.3) is 0 Å². The van der Waals surface area contributed by atoms with E-state index in [0.717, 1.165) is 11.3 Å². The third-order valence-corrected chi connectivity index (χ3v) is 1.82. The fourth-order valence-corrected chi connectivity index (χ4v) is 1.15. The third kappa shape index (κ3) is 3.43. The molecule has 0 aliphatic heterocycles. The first-order valence-electron chi connectivity index (χ1n) is 4.96. The molecule has 1 aromatic rings. The molecule has 1 rings (SSSR count). The van der Waals surface area contributed by atoms with E-state index in [1.165, 1.54) is 0 Å². The van der Waals surface area contributed by atoms with Gasteiger partial charge in [-0.1, -0.05) is 13.8 Å². The predicted molar refractivity (Wildman–Crippen MR) is 64.6 cm³/mol. The summed E-state index contributed by atoms with van der Waals surface area (Å²) in [5.74, 6) is 0. The van der Waals surface area contributed by atoms with Crippen LogP contribution in [0.25, 0.3) is 0 Å². The van der Waals surface area contributed by atoms with Gasteiger partial charge in [-0.05, 0) is 25.1 Å². The van der Waals surface area contributed by atoms with Gasteiger partial charge in [0.15, 0.2) is 0 Å². The highest BCUT2D eigenvalue weighted by Gasteiger charge is 2.03. The fourth-order valence-electron chi connectivity index (χ4n) is 1.15. The maximum absolute atomic E-state index is 8.66. The van der Waals surface area contributed by atoms with E-state index in [1.54, 1.807) is 32.2 Å². The summed E-state index contributed by atoms with van der Waals surface area (Å²) in [6.07, 6.45) is 0. The molecule has 2 N–H and O–H groups in total. The molecule has 0 fully saturated rings. The van der Waals surface area contributed by atoms with Crippen molar-refractivity contribution in [2.45, 2.75) is 20.8 Å². The van der Waals surface area contributed by atoms with E-state index in [-0.39, 0.29) is 0 Å². The number of rotatable bonds is 2. The lowest BCUT2D eigenvalue weighted by Crippen LogP contribution is -2.00. The Morgan fingerprint density at radius 3 is 2.40 bits per heavy atom. The van der Waals surface area contributed by atoms with Gasteiger partial charge in [-0.15, -0.1) is 0 Å². The number of nitrogens with zero attached hydrogens (tertiary/aromatic N) is 1. The van der Waals surface area contributed by atoms with Gasteiger partial charge in [0.05, 0.1) is 11.6 Å². The van der Waals surface area contributed by atoms with Crippen LogP contribution in [-0.4, -0.2) is 12.8 Å². The van der Waals surface area contributed by atoms with E-state index in [2.05, 4.69) is 11.4 Å². The fraction of sp³-hybridized carbons (Fsp3) is 0.333. The van der Waals surface area contributed by atoms with Crippen molar-refractivity contribution in [3.8, 4) is 6.07 Å². The van der Waals surface area contributed by atoms with Gasteiger partial charge in [-0.25, -0.2) is 0 Å². The van der Waals surface area contributed by atoms with E-state index in [9.17, 15) is 0 Å². The summed E-state index contributed by atoms with van der Waals surface area (Å²) < 4.78 is 0. The molecule has 0 atom stereocenters. The number of nitrogens with one attached hydrogen (secondary N) is 2. The van der Waals surface area contributed by atoms with Crippen molar-refractivity contribution < 1.29 is 0 Å².